The fourth-order valence-corrected chi connectivity index (χ4v) is 2.22. The molecular formula is C14H19BrN2O4. The molecule has 4 N–H and O–H groups in total. The Balaban J connectivity index is 2.41. The average Bonchev–Trinajstić information content (AvgIpc) is 2.43. The van der Waals surface area contributed by atoms with Crippen LogP contribution in [0, 0.1) is 0 Å². The minimum Gasteiger partial charge on any atom is -0.391 e. The molecule has 0 fully saturated rings. The number of benzene rings is 1. The Hall–Kier alpha value is -1.44. The molecule has 7 heteroatoms. The maximum absolute atomic E-state index is 11.7. The first-order valence-electron chi connectivity index (χ1n) is 6.54. The molecule has 0 aromatic heterocycles. The first kappa shape index (κ1) is 17.6. The lowest BCUT2D eigenvalue weighted by molar-refractivity contribution is -0.125. The number of hydrogen-bond donors (Lipinski definition) is 4. The number of carbonyl (C=O) groups excluding carboxylic acids is 2. The highest BCUT2D eigenvalue weighted by molar-refractivity contribution is 9.10. The Morgan fingerprint density at radius 3 is 2.67 bits per heavy atom. The second-order valence-corrected chi connectivity index (χ2v) is 5.54. The van der Waals surface area contributed by atoms with Crippen molar-refractivity contribution in [3.05, 3.63) is 34.3 Å². The highest BCUT2D eigenvalue weighted by Gasteiger charge is 2.24. The normalized spacial score (nSPS) is 13.3. The van der Waals surface area contributed by atoms with Crippen molar-refractivity contribution < 1.29 is 19.8 Å². The molecule has 0 saturated heterocycles. The van der Waals surface area contributed by atoms with Crippen LogP contribution in [0.3, 0.4) is 0 Å². The minimum atomic E-state index is -1.11. The maximum Gasteiger partial charge on any atom is 0.315 e. The number of amides is 2. The first-order valence-corrected chi connectivity index (χ1v) is 7.33. The molecule has 0 unspecified atom stereocenters. The zero-order valence-corrected chi connectivity index (χ0v) is 13.3. The SMILES string of the molecule is C[C@H](O)[C@@H](NC(=O)NCCc1cccc(Br)c1)C(=O)CO. The van der Waals surface area contributed by atoms with Gasteiger partial charge in [0.1, 0.15) is 12.6 Å². The van der Waals surface area contributed by atoms with Crippen molar-refractivity contribution in [2.45, 2.75) is 25.5 Å². The van der Waals surface area contributed by atoms with Crippen molar-refractivity contribution in [1.82, 2.24) is 10.6 Å². The quantitative estimate of drug-likeness (QED) is 0.573. The number of hydrogen-bond acceptors (Lipinski definition) is 4. The van der Waals surface area contributed by atoms with E-state index in [2.05, 4.69) is 26.6 Å². The van der Waals surface area contributed by atoms with Gasteiger partial charge in [0.2, 0.25) is 0 Å². The Morgan fingerprint density at radius 2 is 2.10 bits per heavy atom. The Kier molecular flexibility index (Phi) is 7.35. The van der Waals surface area contributed by atoms with Crippen LogP contribution < -0.4 is 10.6 Å². The van der Waals surface area contributed by atoms with Gasteiger partial charge >= 0.3 is 6.03 Å². The summed E-state index contributed by atoms with van der Waals surface area (Å²) in [6.07, 6.45) is -0.430. The van der Waals surface area contributed by atoms with E-state index in [9.17, 15) is 14.7 Å². The molecule has 0 bridgehead atoms. The lowest BCUT2D eigenvalue weighted by Gasteiger charge is -2.19. The van der Waals surface area contributed by atoms with Gasteiger partial charge in [0.15, 0.2) is 5.78 Å². The number of rotatable bonds is 7. The summed E-state index contributed by atoms with van der Waals surface area (Å²) in [6, 6.07) is 6.05. The Labute approximate surface area is 131 Å². The van der Waals surface area contributed by atoms with E-state index < -0.39 is 30.6 Å². The molecule has 2 amide bonds. The average molecular weight is 359 g/mol. The van der Waals surface area contributed by atoms with Crippen molar-refractivity contribution in [1.29, 1.82) is 0 Å². The van der Waals surface area contributed by atoms with E-state index in [-0.39, 0.29) is 0 Å². The summed E-state index contributed by atoms with van der Waals surface area (Å²) in [5, 5.41) is 23.1. The molecule has 0 aliphatic carbocycles. The molecule has 116 valence electrons. The fourth-order valence-electron chi connectivity index (χ4n) is 1.77. The molecule has 0 heterocycles. The number of aliphatic hydroxyl groups excluding tert-OH is 2. The van der Waals surface area contributed by atoms with Gasteiger partial charge in [0, 0.05) is 11.0 Å². The van der Waals surface area contributed by atoms with Crippen LogP contribution in [-0.2, 0) is 11.2 Å². The van der Waals surface area contributed by atoms with E-state index in [0.29, 0.717) is 13.0 Å². The monoisotopic (exact) mass is 358 g/mol. The topological polar surface area (TPSA) is 98.7 Å². The predicted octanol–water partition coefficient (Wildman–Crippen LogP) is 0.602. The summed E-state index contributed by atoms with van der Waals surface area (Å²) in [4.78, 5) is 23.0. The molecule has 1 aromatic carbocycles. The molecule has 0 radical (unpaired) electrons. The third-order valence-electron chi connectivity index (χ3n) is 2.86. The van der Waals surface area contributed by atoms with Crippen molar-refractivity contribution in [2.75, 3.05) is 13.2 Å². The zero-order chi connectivity index (χ0) is 15.8. The second kappa shape index (κ2) is 8.76. The zero-order valence-electron chi connectivity index (χ0n) is 11.7. The molecule has 2 atom stereocenters. The summed E-state index contributed by atoms with van der Waals surface area (Å²) >= 11 is 3.37. The van der Waals surface area contributed by atoms with Crippen LogP contribution in [-0.4, -0.2) is 47.3 Å². The summed E-state index contributed by atoms with van der Waals surface area (Å²) in [5.74, 6) is -0.632. The molecule has 1 rings (SSSR count). The summed E-state index contributed by atoms with van der Waals surface area (Å²) in [6.45, 7) is 1.04. The van der Waals surface area contributed by atoms with E-state index >= 15 is 0 Å². The van der Waals surface area contributed by atoms with Crippen LogP contribution in [0.5, 0.6) is 0 Å². The van der Waals surface area contributed by atoms with Gasteiger partial charge in [-0.2, -0.15) is 0 Å². The number of nitrogens with one attached hydrogen (secondary N) is 2. The van der Waals surface area contributed by atoms with Crippen LogP contribution in [0.1, 0.15) is 12.5 Å². The number of aliphatic hydroxyl groups is 2. The lowest BCUT2D eigenvalue weighted by atomic mass is 10.1. The number of urea groups is 1. The molecule has 1 aromatic rings. The van der Waals surface area contributed by atoms with Crippen LogP contribution >= 0.6 is 15.9 Å². The van der Waals surface area contributed by atoms with Crippen molar-refractivity contribution in [3.63, 3.8) is 0 Å². The van der Waals surface area contributed by atoms with Gasteiger partial charge < -0.3 is 20.8 Å². The number of carbonyl (C=O) groups is 2. The second-order valence-electron chi connectivity index (χ2n) is 4.62. The van der Waals surface area contributed by atoms with E-state index in [1.54, 1.807) is 0 Å². The van der Waals surface area contributed by atoms with Gasteiger partial charge in [-0.15, -0.1) is 0 Å². The lowest BCUT2D eigenvalue weighted by Crippen LogP contribution is -2.52. The third-order valence-corrected chi connectivity index (χ3v) is 3.35. The van der Waals surface area contributed by atoms with E-state index in [1.165, 1.54) is 6.92 Å². The van der Waals surface area contributed by atoms with Gasteiger partial charge in [-0.3, -0.25) is 4.79 Å². The van der Waals surface area contributed by atoms with E-state index in [1.807, 2.05) is 24.3 Å². The molecule has 21 heavy (non-hydrogen) atoms. The number of halogens is 1. The highest BCUT2D eigenvalue weighted by Crippen LogP contribution is 2.11. The van der Waals surface area contributed by atoms with Gasteiger partial charge in [-0.1, -0.05) is 28.1 Å². The Bertz CT molecular complexity index is 494. The number of ketones is 1. The molecular weight excluding hydrogens is 340 g/mol. The largest absolute Gasteiger partial charge is 0.391 e. The summed E-state index contributed by atoms with van der Waals surface area (Å²) in [7, 11) is 0. The van der Waals surface area contributed by atoms with Crippen LogP contribution in [0.2, 0.25) is 0 Å². The molecule has 0 aliphatic heterocycles. The predicted molar refractivity (Wildman–Crippen MR) is 81.9 cm³/mol. The van der Waals surface area contributed by atoms with Crippen molar-refractivity contribution in [2.24, 2.45) is 0 Å². The van der Waals surface area contributed by atoms with E-state index in [0.717, 1.165) is 10.0 Å². The van der Waals surface area contributed by atoms with Crippen molar-refractivity contribution in [3.8, 4) is 0 Å². The van der Waals surface area contributed by atoms with Crippen LogP contribution in [0.15, 0.2) is 28.7 Å². The van der Waals surface area contributed by atoms with Crippen LogP contribution in [0.4, 0.5) is 4.79 Å². The molecule has 0 aliphatic rings. The molecule has 6 nitrogen and oxygen atoms in total. The van der Waals surface area contributed by atoms with Crippen LogP contribution in [0.25, 0.3) is 0 Å². The van der Waals surface area contributed by atoms with Crippen molar-refractivity contribution >= 4 is 27.7 Å². The fraction of sp³-hybridized carbons (Fsp3) is 0.429. The summed E-state index contributed by atoms with van der Waals surface area (Å²) < 4.78 is 0.965. The first-order chi connectivity index (χ1) is 9.93. The van der Waals surface area contributed by atoms with Gasteiger partial charge in [-0.25, -0.2) is 4.79 Å². The maximum atomic E-state index is 11.7. The van der Waals surface area contributed by atoms with Gasteiger partial charge in [0.05, 0.1) is 6.10 Å². The third kappa shape index (κ3) is 6.24. The van der Waals surface area contributed by atoms with E-state index in [4.69, 9.17) is 5.11 Å². The Morgan fingerprint density at radius 1 is 1.38 bits per heavy atom. The highest BCUT2D eigenvalue weighted by atomic mass is 79.9. The molecule has 0 saturated carbocycles. The van der Waals surface area contributed by atoms with Gasteiger partial charge in [-0.05, 0) is 31.0 Å². The standard InChI is InChI=1S/C14H19BrN2O4/c1-9(19)13(12(20)8-18)17-14(21)16-6-5-10-3-2-4-11(15)7-10/h2-4,7,9,13,18-19H,5-6,8H2,1H3,(H2,16,17,21)/t9-,13+/m0/s1. The minimum absolute atomic E-state index is 0.391. The smallest absolute Gasteiger partial charge is 0.315 e. The summed E-state index contributed by atoms with van der Waals surface area (Å²) in [5.41, 5.74) is 1.06. The number of Topliss-reactive ketones (excluding diaryl/α,β-unsaturated/α-hetero) is 1. The van der Waals surface area contributed by atoms with Gasteiger partial charge in [0.25, 0.3) is 0 Å². The molecule has 0 spiro atoms.